The minimum absolute atomic E-state index is 0.132. The number of thioether (sulfide) groups is 1. The van der Waals surface area contributed by atoms with E-state index in [0.29, 0.717) is 29.8 Å². The Morgan fingerprint density at radius 2 is 0.852 bits per heavy atom. The van der Waals surface area contributed by atoms with Crippen LogP contribution in [0.5, 0.6) is 0 Å². The molecule has 5 fully saturated rings. The summed E-state index contributed by atoms with van der Waals surface area (Å²) >= 11 is 1.73. The van der Waals surface area contributed by atoms with Crippen LogP contribution in [0.3, 0.4) is 0 Å². The maximum absolute atomic E-state index is 11.9. The van der Waals surface area contributed by atoms with Gasteiger partial charge in [-0.3, -0.25) is 0 Å². The summed E-state index contributed by atoms with van der Waals surface area (Å²) in [5.41, 5.74) is -3.14. The number of sulfonamides is 1. The van der Waals surface area contributed by atoms with Gasteiger partial charge < -0.3 is 59.0 Å². The molecule has 5 aliphatic rings. The summed E-state index contributed by atoms with van der Waals surface area (Å²) in [5, 5.41) is 35.4. The summed E-state index contributed by atoms with van der Waals surface area (Å²) < 4.78 is 113. The molecule has 0 bridgehead atoms. The lowest BCUT2D eigenvalue weighted by Crippen LogP contribution is -2.48. The summed E-state index contributed by atoms with van der Waals surface area (Å²) in [6.45, 7) is 35.6. The smallest absolute Gasteiger partial charge is 0.410 e. The number of hydrogen-bond donors (Lipinski definition) is 4. The SMILES string of the molecule is C=C1CN(C(=O)OC(C)(C)C)C[C@@H]1S(C)(=O)=O.C=C1CN(C(=O)OC(C)(C)C)C[C@@H]1SC.C=C1CN(C(=O)OC(C)(C)C)C[C@H]1C.CC(C)(C)OC(=O)N1C[C@H](S(C)(=O)=O)[C@](O)(CO)C1.CS(=O)(=O)[C@H]1CN(S(C)(=O)=O)C[C@@]1(O)CO. The highest BCUT2D eigenvalue weighted by atomic mass is 32.2. The highest BCUT2D eigenvalue weighted by molar-refractivity contribution is 7.99. The maximum Gasteiger partial charge on any atom is 0.410 e. The molecule has 7 atom stereocenters. The van der Waals surface area contributed by atoms with Crippen LogP contribution < -0.4 is 0 Å². The average molecular weight is 1260 g/mol. The molecular formula is C51H93N5O20S5. The van der Waals surface area contributed by atoms with Gasteiger partial charge in [-0.2, -0.15) is 16.1 Å². The number of sulfone groups is 3. The molecule has 5 heterocycles. The first-order chi connectivity index (χ1) is 36.0. The van der Waals surface area contributed by atoms with Crippen molar-refractivity contribution in [3.63, 3.8) is 0 Å². The standard InChI is InChI=1S/C11H21NO6S.C11H19NO4S.C11H19NO2S.C11H19NO2.C7H15NO6S2/c1-10(2,3)18-9(14)12-5-8(19(4,16)17)11(15,6-12)7-13;1-8-6-12(7-9(8)17(5,14)15)10(13)16-11(2,3)4;1-8-6-12(7-9(8)15-5)10(13)14-11(2,3)4;1-8-6-12(7-9(8)2)10(13)14-11(3,4)5;1-15(11,12)6-3-8(16(2,13)14)4-7(6,10)5-9/h8,13,15H,5-7H2,1-4H3;9H,1,6-7H2,2-5H3;9H,1,6-7H2,2-5H3;9H,1,6-7H2,2-5H3;6,9-10H,3-5H2,1-2H3/t8-,11+;3*9-;6-,7+/m00010/s1. The first-order valence-corrected chi connectivity index (χ1v) is 34.7. The number of carbonyl (C=O) groups is 4. The van der Waals surface area contributed by atoms with Gasteiger partial charge in [0.05, 0.1) is 26.0 Å². The highest BCUT2D eigenvalue weighted by Gasteiger charge is 2.54. The van der Waals surface area contributed by atoms with E-state index in [0.717, 1.165) is 58.5 Å². The minimum Gasteiger partial charge on any atom is -0.444 e. The van der Waals surface area contributed by atoms with Gasteiger partial charge in [0.2, 0.25) is 10.0 Å². The molecule has 472 valence electrons. The summed E-state index contributed by atoms with van der Waals surface area (Å²) in [7, 11) is -14.0. The molecule has 30 heteroatoms. The Morgan fingerprint density at radius 3 is 1.12 bits per heavy atom. The lowest BCUT2D eigenvalue weighted by atomic mass is 10.1. The van der Waals surface area contributed by atoms with Gasteiger partial charge in [-0.15, -0.1) is 0 Å². The predicted molar refractivity (Wildman–Crippen MR) is 311 cm³/mol. The first kappa shape index (κ1) is 75.3. The Labute approximate surface area is 486 Å². The molecule has 0 aromatic rings. The number of likely N-dealkylation sites (tertiary alicyclic amines) is 4. The number of amides is 4. The predicted octanol–water partition coefficient (Wildman–Crippen LogP) is 2.93. The fraction of sp³-hybridized carbons (Fsp3) is 0.804. The third-order valence-electron chi connectivity index (χ3n) is 12.4. The maximum atomic E-state index is 11.9. The van der Waals surface area contributed by atoms with Crippen molar-refractivity contribution in [3.05, 3.63) is 36.5 Å². The van der Waals surface area contributed by atoms with E-state index in [9.17, 15) is 68.2 Å². The number of aliphatic hydroxyl groups is 4. The molecule has 0 aromatic carbocycles. The molecule has 5 aliphatic heterocycles. The Balaban J connectivity index is 0.000000508. The number of rotatable bonds is 7. The number of ether oxygens (including phenoxy) is 4. The second-order valence-corrected chi connectivity index (χ2v) is 34.8. The van der Waals surface area contributed by atoms with E-state index in [1.54, 1.807) is 63.1 Å². The Morgan fingerprint density at radius 1 is 0.519 bits per heavy atom. The second kappa shape index (κ2) is 28.0. The van der Waals surface area contributed by atoms with Gasteiger partial charge in [0, 0.05) is 82.9 Å². The normalized spacial score (nSPS) is 25.8. The molecule has 0 spiro atoms. The first-order valence-electron chi connectivity index (χ1n) is 25.7. The summed E-state index contributed by atoms with van der Waals surface area (Å²) in [6, 6.07) is 0. The van der Waals surface area contributed by atoms with Crippen molar-refractivity contribution >= 4 is 75.7 Å². The van der Waals surface area contributed by atoms with Crippen molar-refractivity contribution in [2.45, 2.75) is 145 Å². The summed E-state index contributed by atoms with van der Waals surface area (Å²) in [5.74, 6) is 0.391. The van der Waals surface area contributed by atoms with Gasteiger partial charge in [-0.1, -0.05) is 32.2 Å². The van der Waals surface area contributed by atoms with Crippen LogP contribution in [0.2, 0.25) is 0 Å². The zero-order chi connectivity index (χ0) is 63.8. The van der Waals surface area contributed by atoms with Gasteiger partial charge in [-0.05, 0) is 106 Å². The van der Waals surface area contributed by atoms with Crippen molar-refractivity contribution < 1.29 is 92.2 Å². The third-order valence-corrected chi connectivity index (χ3v) is 19.4. The zero-order valence-electron chi connectivity index (χ0n) is 50.6. The molecule has 0 radical (unpaired) electrons. The van der Waals surface area contributed by atoms with Crippen LogP contribution in [-0.4, -0.2) is 267 Å². The van der Waals surface area contributed by atoms with Crippen LogP contribution in [0.15, 0.2) is 36.5 Å². The molecule has 25 nitrogen and oxygen atoms in total. The Bertz CT molecular complexity index is 2730. The van der Waals surface area contributed by atoms with E-state index in [1.807, 2.05) is 47.8 Å². The largest absolute Gasteiger partial charge is 0.444 e. The molecule has 5 saturated heterocycles. The van der Waals surface area contributed by atoms with Gasteiger partial charge in [-0.25, -0.2) is 52.8 Å². The lowest BCUT2D eigenvalue weighted by molar-refractivity contribution is -0.0107. The molecule has 0 aliphatic carbocycles. The van der Waals surface area contributed by atoms with E-state index in [2.05, 4.69) is 26.7 Å². The van der Waals surface area contributed by atoms with E-state index < -0.39 is 121 Å². The van der Waals surface area contributed by atoms with Crippen LogP contribution in [0, 0.1) is 5.92 Å². The van der Waals surface area contributed by atoms with E-state index >= 15 is 0 Å². The molecule has 4 N–H and O–H groups in total. The number of β-amino-alcohol motifs (C(OH)–C–C–N with tert-alkyl or cyclic N) is 2. The average Bonchev–Trinajstić information content (AvgIpc) is 4.09. The fourth-order valence-corrected chi connectivity index (χ4v) is 13.9. The van der Waals surface area contributed by atoms with Gasteiger partial charge in [0.15, 0.2) is 29.5 Å². The Kier molecular flexibility index (Phi) is 26.0. The van der Waals surface area contributed by atoms with Gasteiger partial charge in [0.25, 0.3) is 0 Å². The van der Waals surface area contributed by atoms with E-state index in [4.69, 9.17) is 24.1 Å². The fourth-order valence-electron chi connectivity index (χ4n) is 8.27. The Hall–Kier alpha value is -3.75. The van der Waals surface area contributed by atoms with E-state index in [-0.39, 0.29) is 44.9 Å². The van der Waals surface area contributed by atoms with Crippen LogP contribution in [0.4, 0.5) is 19.2 Å². The topological polar surface area (TPSA) is 339 Å². The van der Waals surface area contributed by atoms with Gasteiger partial charge in [0.1, 0.15) is 49.4 Å². The second-order valence-electron chi connectivity index (χ2n) is 25.1. The van der Waals surface area contributed by atoms with Crippen molar-refractivity contribution in [1.29, 1.82) is 0 Å². The number of aliphatic hydroxyl groups excluding tert-OH is 2. The zero-order valence-corrected chi connectivity index (χ0v) is 54.7. The van der Waals surface area contributed by atoms with Crippen molar-refractivity contribution in [1.82, 2.24) is 23.9 Å². The lowest BCUT2D eigenvalue weighted by Gasteiger charge is -2.26. The van der Waals surface area contributed by atoms with Crippen molar-refractivity contribution in [2.24, 2.45) is 5.92 Å². The van der Waals surface area contributed by atoms with Crippen LogP contribution in [-0.2, 0) is 58.5 Å². The molecule has 5 rings (SSSR count). The minimum atomic E-state index is -3.63. The van der Waals surface area contributed by atoms with Crippen LogP contribution >= 0.6 is 11.8 Å². The summed E-state index contributed by atoms with van der Waals surface area (Å²) in [4.78, 5) is 52.8. The van der Waals surface area contributed by atoms with E-state index in [1.165, 1.54) is 4.90 Å². The molecule has 0 saturated carbocycles. The van der Waals surface area contributed by atoms with Crippen LogP contribution in [0.1, 0.15) is 90.0 Å². The van der Waals surface area contributed by atoms with Gasteiger partial charge >= 0.3 is 24.4 Å². The van der Waals surface area contributed by atoms with Crippen molar-refractivity contribution in [3.8, 4) is 0 Å². The highest BCUT2D eigenvalue weighted by Crippen LogP contribution is 2.31. The quantitative estimate of drug-likeness (QED) is 0.210. The molecule has 4 amide bonds. The molecular weight excluding hydrogens is 1160 g/mol. The molecule has 0 unspecified atom stereocenters. The summed E-state index contributed by atoms with van der Waals surface area (Å²) in [6.07, 6.45) is 4.32. The molecule has 81 heavy (non-hydrogen) atoms. The molecule has 0 aromatic heterocycles. The number of nitrogens with zero attached hydrogens (tertiary/aromatic N) is 5. The van der Waals surface area contributed by atoms with Crippen LogP contribution in [0.25, 0.3) is 0 Å². The third kappa shape index (κ3) is 24.8. The number of carbonyl (C=O) groups excluding carboxylic acids is 4. The number of hydrogen-bond acceptors (Lipinski definition) is 21. The monoisotopic (exact) mass is 1260 g/mol. The van der Waals surface area contributed by atoms with Crippen molar-refractivity contribution in [2.75, 3.05) is 110 Å².